The second-order valence-electron chi connectivity index (χ2n) is 10.2. The molecule has 1 aliphatic carbocycles. The number of fused-ring (bicyclic) bond motifs is 4. The van der Waals surface area contributed by atoms with Gasteiger partial charge < -0.3 is 9.84 Å². The number of aromatic nitrogens is 3. The van der Waals surface area contributed by atoms with Gasteiger partial charge >= 0.3 is 11.4 Å². The van der Waals surface area contributed by atoms with Crippen molar-refractivity contribution in [2.24, 2.45) is 18.4 Å². The highest BCUT2D eigenvalue weighted by molar-refractivity contribution is 6.31. The second kappa shape index (κ2) is 8.44. The summed E-state index contributed by atoms with van der Waals surface area (Å²) < 4.78 is 23.2. The van der Waals surface area contributed by atoms with Crippen LogP contribution in [0.3, 0.4) is 0 Å². The first-order valence-corrected chi connectivity index (χ1v) is 12.7. The van der Waals surface area contributed by atoms with Crippen molar-refractivity contribution < 1.29 is 23.8 Å². The van der Waals surface area contributed by atoms with Crippen molar-refractivity contribution in [2.75, 3.05) is 12.0 Å². The molecule has 4 atom stereocenters. The molecule has 0 spiro atoms. The number of hydrogen-bond donors (Lipinski definition) is 1. The zero-order chi connectivity index (χ0) is 28.0. The Labute approximate surface area is 226 Å². The molecule has 2 amide bonds. The van der Waals surface area contributed by atoms with Gasteiger partial charge in [-0.2, -0.15) is 0 Å². The smallest absolute Gasteiger partial charge is 0.347 e. The number of hydrogen-bond acceptors (Lipinski definition) is 6. The summed E-state index contributed by atoms with van der Waals surface area (Å²) in [5, 5.41) is 10.8. The molecule has 202 valence electrons. The molecule has 2 aliphatic heterocycles. The molecule has 0 unspecified atom stereocenters. The summed E-state index contributed by atoms with van der Waals surface area (Å²) in [6.07, 6.45) is 1.83. The largest absolute Gasteiger partial charge is 0.508 e. The van der Waals surface area contributed by atoms with E-state index < -0.39 is 52.3 Å². The lowest BCUT2D eigenvalue weighted by atomic mass is 9.56. The van der Waals surface area contributed by atoms with Crippen molar-refractivity contribution in [2.45, 2.75) is 31.8 Å². The third-order valence-corrected chi connectivity index (χ3v) is 8.73. The predicted molar refractivity (Wildman–Crippen MR) is 139 cm³/mol. The molecule has 3 aliphatic rings. The summed E-state index contributed by atoms with van der Waals surface area (Å²) >= 11 is 5.99. The SMILES string of the molecule is COc1cccc(O)c1[C@H]1C2=CCn3c(=O)n(C)c(=O)n3[C@@H]2C[C@H]2C(=O)N(c3ccc(F)c(Cl)c3)C(=O)[C@@]12C. The Balaban J connectivity index is 1.62. The Kier molecular flexibility index (Phi) is 5.45. The molecule has 3 heterocycles. The quantitative estimate of drug-likeness (QED) is 0.393. The number of carbonyl (C=O) groups excluding carboxylic acids is 2. The monoisotopic (exact) mass is 554 g/mol. The van der Waals surface area contributed by atoms with Gasteiger partial charge in [0.05, 0.1) is 41.7 Å². The first kappa shape index (κ1) is 25.2. The third-order valence-electron chi connectivity index (χ3n) is 8.44. The molecular weight excluding hydrogens is 531 g/mol. The fourth-order valence-electron chi connectivity index (χ4n) is 6.56. The highest BCUT2D eigenvalue weighted by Crippen LogP contribution is 2.63. The Morgan fingerprint density at radius 1 is 1.13 bits per heavy atom. The van der Waals surface area contributed by atoms with E-state index in [9.17, 15) is 28.7 Å². The predicted octanol–water partition coefficient (Wildman–Crippen LogP) is 2.72. The van der Waals surface area contributed by atoms with E-state index >= 15 is 0 Å². The van der Waals surface area contributed by atoms with Crippen molar-refractivity contribution in [3.05, 3.63) is 85.4 Å². The number of carbonyl (C=O) groups is 2. The van der Waals surface area contributed by atoms with Gasteiger partial charge in [0.2, 0.25) is 11.8 Å². The number of benzene rings is 2. The van der Waals surface area contributed by atoms with Gasteiger partial charge in [0, 0.05) is 18.5 Å². The van der Waals surface area contributed by atoms with Gasteiger partial charge in [-0.1, -0.05) is 23.7 Å². The molecule has 2 aromatic carbocycles. The maximum Gasteiger partial charge on any atom is 0.347 e. The number of halogens is 2. The molecule has 6 rings (SSSR count). The van der Waals surface area contributed by atoms with Crippen LogP contribution in [0.25, 0.3) is 0 Å². The first-order valence-electron chi connectivity index (χ1n) is 12.3. The average Bonchev–Trinajstić information content (AvgIpc) is 3.25. The van der Waals surface area contributed by atoms with Crippen LogP contribution in [0.4, 0.5) is 10.1 Å². The molecule has 39 heavy (non-hydrogen) atoms. The van der Waals surface area contributed by atoms with E-state index in [0.29, 0.717) is 16.9 Å². The van der Waals surface area contributed by atoms with Crippen LogP contribution in [0.15, 0.2) is 57.6 Å². The minimum atomic E-state index is -1.42. The van der Waals surface area contributed by atoms with E-state index in [1.165, 1.54) is 41.7 Å². The van der Waals surface area contributed by atoms with E-state index in [1.54, 1.807) is 25.1 Å². The zero-order valence-electron chi connectivity index (χ0n) is 21.2. The lowest BCUT2D eigenvalue weighted by Crippen LogP contribution is -2.49. The van der Waals surface area contributed by atoms with Crippen molar-refractivity contribution in [1.82, 2.24) is 13.9 Å². The van der Waals surface area contributed by atoms with Crippen molar-refractivity contribution in [3.8, 4) is 11.5 Å². The maximum atomic E-state index is 14.3. The average molecular weight is 555 g/mol. The van der Waals surface area contributed by atoms with Crippen molar-refractivity contribution in [1.29, 1.82) is 0 Å². The Morgan fingerprint density at radius 3 is 2.56 bits per heavy atom. The number of ether oxygens (including phenoxy) is 1. The summed E-state index contributed by atoms with van der Waals surface area (Å²) in [4.78, 5) is 55.2. The van der Waals surface area contributed by atoms with E-state index in [0.717, 1.165) is 15.5 Å². The highest BCUT2D eigenvalue weighted by atomic mass is 35.5. The number of rotatable bonds is 3. The van der Waals surface area contributed by atoms with E-state index in [2.05, 4.69) is 0 Å². The summed E-state index contributed by atoms with van der Waals surface area (Å²) in [6.45, 7) is 1.72. The van der Waals surface area contributed by atoms with Crippen LogP contribution in [0.2, 0.25) is 5.02 Å². The van der Waals surface area contributed by atoms with E-state index in [-0.39, 0.29) is 29.4 Å². The van der Waals surface area contributed by atoms with Gasteiger partial charge in [-0.15, -0.1) is 0 Å². The Morgan fingerprint density at radius 2 is 1.87 bits per heavy atom. The molecule has 2 fully saturated rings. The van der Waals surface area contributed by atoms with E-state index in [4.69, 9.17) is 16.3 Å². The summed E-state index contributed by atoms with van der Waals surface area (Å²) in [5.41, 5.74) is -1.46. The molecule has 1 aromatic heterocycles. The molecule has 10 nitrogen and oxygen atoms in total. The van der Waals surface area contributed by atoms with Gasteiger partial charge in [-0.3, -0.25) is 9.59 Å². The molecule has 12 heteroatoms. The molecule has 1 saturated carbocycles. The Hall–Kier alpha value is -4.12. The maximum absolute atomic E-state index is 14.3. The Bertz CT molecular complexity index is 1740. The number of allylic oxidation sites excluding steroid dienone is 2. The number of aromatic hydroxyl groups is 1. The third kappa shape index (κ3) is 3.19. The summed E-state index contributed by atoms with van der Waals surface area (Å²) in [6, 6.07) is 7.56. The summed E-state index contributed by atoms with van der Waals surface area (Å²) in [7, 11) is 2.81. The van der Waals surface area contributed by atoms with Crippen molar-refractivity contribution in [3.63, 3.8) is 0 Å². The first-order chi connectivity index (χ1) is 18.5. The lowest BCUT2D eigenvalue weighted by Gasteiger charge is -2.47. The topological polar surface area (TPSA) is 116 Å². The fraction of sp³-hybridized carbons (Fsp3) is 0.333. The fourth-order valence-corrected chi connectivity index (χ4v) is 6.74. The van der Waals surface area contributed by atoms with E-state index in [1.807, 2.05) is 0 Å². The number of phenols is 1. The van der Waals surface area contributed by atoms with Crippen LogP contribution in [0.5, 0.6) is 11.5 Å². The number of imide groups is 1. The van der Waals surface area contributed by atoms with Crippen LogP contribution < -0.4 is 21.0 Å². The van der Waals surface area contributed by atoms with Gasteiger partial charge in [0.15, 0.2) is 0 Å². The minimum Gasteiger partial charge on any atom is -0.508 e. The molecule has 0 bridgehead atoms. The lowest BCUT2D eigenvalue weighted by molar-refractivity contribution is -0.129. The van der Waals surface area contributed by atoms with Gasteiger partial charge in [-0.25, -0.2) is 32.8 Å². The minimum absolute atomic E-state index is 0.0497. The van der Waals surface area contributed by atoms with Crippen LogP contribution >= 0.6 is 11.6 Å². The standard InChI is InChI=1S/C27H24ClFN4O6/c1-27-15(23(35)32(24(27)36)13-7-8-17(29)16(28)11-13)12-18-14(9-10-31-25(37)30(2)26(38)33(18)31)22(27)21-19(34)5-4-6-20(21)39-3/h4-9,11,15,18,22,34H,10,12H2,1-3H3/t15-,18+,22+,27+/m0/s1. The molecule has 1 N–H and O–H groups in total. The van der Waals surface area contributed by atoms with Crippen LogP contribution in [-0.2, 0) is 23.2 Å². The number of methoxy groups -OCH3 is 1. The molecule has 1 saturated heterocycles. The van der Waals surface area contributed by atoms with Gasteiger partial charge in [-0.05, 0) is 49.2 Å². The van der Waals surface area contributed by atoms with Crippen LogP contribution in [0.1, 0.15) is 30.9 Å². The van der Waals surface area contributed by atoms with Gasteiger partial charge in [0.25, 0.3) is 0 Å². The number of amides is 2. The zero-order valence-corrected chi connectivity index (χ0v) is 22.0. The highest BCUT2D eigenvalue weighted by Gasteiger charge is 2.66. The van der Waals surface area contributed by atoms with Gasteiger partial charge in [0.1, 0.15) is 17.3 Å². The van der Waals surface area contributed by atoms with Crippen LogP contribution in [0, 0.1) is 17.2 Å². The normalized spacial score (nSPS) is 25.7. The molecule has 3 aromatic rings. The second-order valence-corrected chi connectivity index (χ2v) is 10.7. The number of anilines is 1. The number of nitrogens with zero attached hydrogens (tertiary/aromatic N) is 4. The number of phenolic OH excluding ortho intramolecular Hbond substituents is 1. The van der Waals surface area contributed by atoms with Crippen LogP contribution in [-0.4, -0.2) is 38.0 Å². The molecule has 0 radical (unpaired) electrons. The summed E-state index contributed by atoms with van der Waals surface area (Å²) in [5.74, 6) is -3.51. The molecular formula is C27H24ClFN4O6. The van der Waals surface area contributed by atoms with Crippen molar-refractivity contribution >= 4 is 29.1 Å².